The first-order valence-electron chi connectivity index (χ1n) is 8.57. The number of piperidine rings is 1. The Labute approximate surface area is 133 Å². The minimum atomic E-state index is -0.865. The lowest BCUT2D eigenvalue weighted by molar-refractivity contribution is -0.0453. The van der Waals surface area contributed by atoms with Gasteiger partial charge >= 0.3 is 6.03 Å². The van der Waals surface area contributed by atoms with Gasteiger partial charge in [0.1, 0.15) is 0 Å². The maximum absolute atomic E-state index is 12.8. The molecule has 22 heavy (non-hydrogen) atoms. The van der Waals surface area contributed by atoms with Crippen LogP contribution in [-0.2, 0) is 4.74 Å². The molecule has 0 saturated carbocycles. The van der Waals surface area contributed by atoms with E-state index < -0.39 is 6.17 Å². The Kier molecular flexibility index (Phi) is 6.44. The molecule has 2 saturated heterocycles. The molecule has 0 bridgehead atoms. The van der Waals surface area contributed by atoms with E-state index >= 15 is 0 Å². The molecule has 0 aromatic heterocycles. The van der Waals surface area contributed by atoms with Gasteiger partial charge in [-0.2, -0.15) is 0 Å². The van der Waals surface area contributed by atoms with Crippen molar-refractivity contribution >= 4 is 6.03 Å². The van der Waals surface area contributed by atoms with Crippen LogP contribution in [0.5, 0.6) is 0 Å². The van der Waals surface area contributed by atoms with Crippen LogP contribution >= 0.6 is 0 Å². The number of nitrogens with zero attached hydrogens (tertiary/aromatic N) is 2. The van der Waals surface area contributed by atoms with Crippen molar-refractivity contribution in [2.75, 3.05) is 45.9 Å². The van der Waals surface area contributed by atoms with Gasteiger partial charge in [0.05, 0.1) is 19.4 Å². The van der Waals surface area contributed by atoms with Crippen molar-refractivity contribution in [2.24, 2.45) is 0 Å². The van der Waals surface area contributed by atoms with Crippen LogP contribution in [0.15, 0.2) is 0 Å². The van der Waals surface area contributed by atoms with Gasteiger partial charge in [-0.15, -0.1) is 0 Å². The van der Waals surface area contributed by atoms with E-state index in [1.807, 2.05) is 4.90 Å². The van der Waals surface area contributed by atoms with Crippen LogP contribution in [0.2, 0.25) is 0 Å². The summed E-state index contributed by atoms with van der Waals surface area (Å²) in [5, 5.41) is 2.82. The molecule has 2 amide bonds. The lowest BCUT2D eigenvalue weighted by atomic mass is 9.83. The van der Waals surface area contributed by atoms with Crippen molar-refractivity contribution in [1.82, 2.24) is 15.1 Å². The lowest BCUT2D eigenvalue weighted by Gasteiger charge is -2.49. The average molecular weight is 315 g/mol. The van der Waals surface area contributed by atoms with Crippen molar-refractivity contribution < 1.29 is 13.9 Å². The lowest BCUT2D eigenvalue weighted by Crippen LogP contribution is -2.59. The first kappa shape index (κ1) is 17.5. The molecule has 0 radical (unpaired) electrons. The van der Waals surface area contributed by atoms with Crippen LogP contribution < -0.4 is 5.32 Å². The molecule has 2 rings (SSSR count). The molecule has 0 aliphatic carbocycles. The van der Waals surface area contributed by atoms with E-state index in [1.165, 1.54) is 6.92 Å². The van der Waals surface area contributed by atoms with Gasteiger partial charge in [0.2, 0.25) is 0 Å². The molecule has 6 heteroatoms. The summed E-state index contributed by atoms with van der Waals surface area (Å²) in [5.74, 6) is 0. The fraction of sp³-hybridized carbons (Fsp3) is 0.938. The van der Waals surface area contributed by atoms with Crippen LogP contribution in [-0.4, -0.2) is 73.5 Å². The van der Waals surface area contributed by atoms with E-state index in [9.17, 15) is 9.18 Å². The number of rotatable bonds is 5. The number of carbonyl (C=O) groups is 1. The van der Waals surface area contributed by atoms with Gasteiger partial charge in [-0.3, -0.25) is 4.90 Å². The van der Waals surface area contributed by atoms with E-state index in [2.05, 4.69) is 17.1 Å². The molecule has 0 aromatic carbocycles. The first-order valence-corrected chi connectivity index (χ1v) is 8.57. The summed E-state index contributed by atoms with van der Waals surface area (Å²) in [6.45, 7) is 9.35. The SMILES string of the molecule is CCC1(N2CCOCC2)CCN(C(=O)NCCC(C)F)CC1. The standard InChI is InChI=1S/C16H30FN3O2/c1-3-16(20-10-12-22-13-11-20)5-8-19(9-6-16)15(21)18-7-4-14(2)17/h14H,3-13H2,1-2H3,(H,18,21). The van der Waals surface area contributed by atoms with Crippen molar-refractivity contribution in [3.63, 3.8) is 0 Å². The third-order valence-corrected chi connectivity index (χ3v) is 5.14. The third kappa shape index (κ3) is 4.32. The van der Waals surface area contributed by atoms with Crippen LogP contribution in [0.25, 0.3) is 0 Å². The number of alkyl halides is 1. The number of nitrogens with one attached hydrogen (secondary N) is 1. The summed E-state index contributed by atoms with van der Waals surface area (Å²) < 4.78 is 18.2. The van der Waals surface area contributed by atoms with Crippen LogP contribution in [0, 0.1) is 0 Å². The van der Waals surface area contributed by atoms with Crippen LogP contribution in [0.3, 0.4) is 0 Å². The number of hydrogen-bond donors (Lipinski definition) is 1. The third-order valence-electron chi connectivity index (χ3n) is 5.14. The predicted octanol–water partition coefficient (Wildman–Crippen LogP) is 2.02. The molecular weight excluding hydrogens is 285 g/mol. The average Bonchev–Trinajstić information content (AvgIpc) is 2.55. The number of urea groups is 1. The summed E-state index contributed by atoms with van der Waals surface area (Å²) in [6, 6.07) is -0.0488. The maximum Gasteiger partial charge on any atom is 0.317 e. The number of morpholine rings is 1. The molecule has 128 valence electrons. The number of ether oxygens (including phenoxy) is 1. The predicted molar refractivity (Wildman–Crippen MR) is 84.8 cm³/mol. The summed E-state index contributed by atoms with van der Waals surface area (Å²) in [4.78, 5) is 16.5. The topological polar surface area (TPSA) is 44.8 Å². The highest BCUT2D eigenvalue weighted by atomic mass is 19.1. The molecule has 5 nitrogen and oxygen atoms in total. The Hall–Kier alpha value is -0.880. The van der Waals surface area contributed by atoms with Gasteiger partial charge in [-0.25, -0.2) is 9.18 Å². The van der Waals surface area contributed by atoms with Gasteiger partial charge in [0.25, 0.3) is 0 Å². The van der Waals surface area contributed by atoms with Crippen LogP contribution in [0.1, 0.15) is 39.5 Å². The van der Waals surface area contributed by atoms with E-state index in [1.54, 1.807) is 0 Å². The quantitative estimate of drug-likeness (QED) is 0.844. The highest BCUT2D eigenvalue weighted by molar-refractivity contribution is 5.74. The van der Waals surface area contributed by atoms with Gasteiger partial charge < -0.3 is 15.0 Å². The van der Waals surface area contributed by atoms with Gasteiger partial charge in [0, 0.05) is 38.3 Å². The van der Waals surface area contributed by atoms with E-state index in [0.29, 0.717) is 13.0 Å². The first-order chi connectivity index (χ1) is 10.6. The number of halogens is 1. The molecule has 0 aromatic rings. The number of likely N-dealkylation sites (tertiary alicyclic amines) is 1. The zero-order chi connectivity index (χ0) is 16.0. The Morgan fingerprint density at radius 2 is 1.91 bits per heavy atom. The van der Waals surface area contributed by atoms with E-state index in [-0.39, 0.29) is 11.6 Å². The Bertz CT molecular complexity index is 351. The number of amides is 2. The second-order valence-corrected chi connectivity index (χ2v) is 6.47. The second-order valence-electron chi connectivity index (χ2n) is 6.47. The monoisotopic (exact) mass is 315 g/mol. The molecule has 2 fully saturated rings. The maximum atomic E-state index is 12.8. The largest absolute Gasteiger partial charge is 0.379 e. The highest BCUT2D eigenvalue weighted by Crippen LogP contribution is 2.32. The molecule has 2 heterocycles. The fourth-order valence-electron chi connectivity index (χ4n) is 3.55. The van der Waals surface area contributed by atoms with E-state index in [0.717, 1.165) is 58.7 Å². The summed E-state index contributed by atoms with van der Waals surface area (Å²) in [5.41, 5.74) is 0.216. The molecule has 1 atom stereocenters. The molecule has 1 unspecified atom stereocenters. The fourth-order valence-corrected chi connectivity index (χ4v) is 3.55. The summed E-state index contributed by atoms with van der Waals surface area (Å²) >= 11 is 0. The van der Waals surface area contributed by atoms with Crippen molar-refractivity contribution in [3.8, 4) is 0 Å². The van der Waals surface area contributed by atoms with E-state index in [4.69, 9.17) is 4.74 Å². The zero-order valence-corrected chi connectivity index (χ0v) is 13.9. The van der Waals surface area contributed by atoms with Crippen molar-refractivity contribution in [1.29, 1.82) is 0 Å². The molecule has 1 N–H and O–H groups in total. The highest BCUT2D eigenvalue weighted by Gasteiger charge is 2.39. The Balaban J connectivity index is 1.81. The minimum Gasteiger partial charge on any atom is -0.379 e. The minimum absolute atomic E-state index is 0.0488. The van der Waals surface area contributed by atoms with Crippen LogP contribution in [0.4, 0.5) is 9.18 Å². The second kappa shape index (κ2) is 8.11. The molecular formula is C16H30FN3O2. The molecule has 0 spiro atoms. The van der Waals surface area contributed by atoms with Gasteiger partial charge in [0.15, 0.2) is 0 Å². The number of hydrogen-bond acceptors (Lipinski definition) is 3. The van der Waals surface area contributed by atoms with Crippen molar-refractivity contribution in [2.45, 2.75) is 51.2 Å². The smallest absolute Gasteiger partial charge is 0.317 e. The Morgan fingerprint density at radius 1 is 1.27 bits per heavy atom. The summed E-state index contributed by atoms with van der Waals surface area (Å²) in [6.07, 6.45) is 2.65. The van der Waals surface area contributed by atoms with Gasteiger partial charge in [-0.1, -0.05) is 6.92 Å². The zero-order valence-electron chi connectivity index (χ0n) is 13.9. The molecule has 2 aliphatic rings. The number of carbonyl (C=O) groups excluding carboxylic acids is 1. The van der Waals surface area contributed by atoms with Gasteiger partial charge in [-0.05, 0) is 32.6 Å². The molecule has 2 aliphatic heterocycles. The summed E-state index contributed by atoms with van der Waals surface area (Å²) in [7, 11) is 0. The van der Waals surface area contributed by atoms with Crippen molar-refractivity contribution in [3.05, 3.63) is 0 Å². The normalized spacial score (nSPS) is 24.0. The Morgan fingerprint density at radius 3 is 2.45 bits per heavy atom.